The van der Waals surface area contributed by atoms with Crippen molar-refractivity contribution >= 4 is 17.5 Å². The molecule has 0 aromatic heterocycles. The average Bonchev–Trinajstić information content (AvgIpc) is 3.33. The molecular formula is C30H44O4. The zero-order valence-corrected chi connectivity index (χ0v) is 22.1. The fraction of sp³-hybridized carbons (Fsp3) is 0.833. The Kier molecular flexibility index (Phi) is 5.20. The smallest absolute Gasteiger partial charge is 0.331 e. The average molecular weight is 469 g/mol. The molecule has 1 N–H and O–H groups in total. The van der Waals surface area contributed by atoms with Crippen LogP contribution in [0.5, 0.6) is 0 Å². The van der Waals surface area contributed by atoms with Gasteiger partial charge in [-0.1, -0.05) is 34.6 Å². The molecule has 0 aromatic rings. The molecule has 8 atom stereocenters. The molecular weight excluding hydrogens is 424 g/mol. The molecule has 2 spiro atoms. The van der Waals surface area contributed by atoms with E-state index in [4.69, 9.17) is 5.11 Å². The third kappa shape index (κ3) is 2.86. The van der Waals surface area contributed by atoms with Gasteiger partial charge in [0.1, 0.15) is 5.78 Å². The maximum Gasteiger partial charge on any atom is 0.331 e. The monoisotopic (exact) mass is 468 g/mol. The molecule has 5 aliphatic rings. The molecule has 5 fully saturated rings. The van der Waals surface area contributed by atoms with Gasteiger partial charge in [0.05, 0.1) is 0 Å². The fourth-order valence-corrected chi connectivity index (χ4v) is 10.9. The number of carbonyl (C=O) groups excluding carboxylic acids is 2. The number of fused-ring (bicyclic) bond motifs is 2. The number of rotatable bonds is 5. The minimum Gasteiger partial charge on any atom is -0.478 e. The van der Waals surface area contributed by atoms with E-state index in [0.29, 0.717) is 40.3 Å². The van der Waals surface area contributed by atoms with Crippen LogP contribution >= 0.6 is 0 Å². The Balaban J connectivity index is 1.39. The molecule has 5 aliphatic carbocycles. The van der Waals surface area contributed by atoms with Crippen LogP contribution in [0.25, 0.3) is 0 Å². The van der Waals surface area contributed by atoms with Crippen LogP contribution in [0.15, 0.2) is 11.6 Å². The minimum atomic E-state index is -1.01. The van der Waals surface area contributed by atoms with Crippen LogP contribution < -0.4 is 0 Å². The minimum absolute atomic E-state index is 0.0485. The lowest BCUT2D eigenvalue weighted by atomic mass is 9.42. The summed E-state index contributed by atoms with van der Waals surface area (Å²) < 4.78 is 0. The largest absolute Gasteiger partial charge is 0.478 e. The summed E-state index contributed by atoms with van der Waals surface area (Å²) in [4.78, 5) is 36.6. The van der Waals surface area contributed by atoms with Crippen LogP contribution in [0.1, 0.15) is 106 Å². The van der Waals surface area contributed by atoms with E-state index < -0.39 is 5.97 Å². The Morgan fingerprint density at radius 2 is 1.62 bits per heavy atom. The van der Waals surface area contributed by atoms with Crippen molar-refractivity contribution in [3.8, 4) is 0 Å². The molecule has 4 heteroatoms. The zero-order valence-electron chi connectivity index (χ0n) is 22.1. The number of hydrogen-bond donors (Lipinski definition) is 1. The summed E-state index contributed by atoms with van der Waals surface area (Å²) in [7, 11) is 0. The number of Topliss-reactive ketones (excluding diaryl/α,β-unsaturated/α-hetero) is 1. The van der Waals surface area contributed by atoms with Crippen LogP contribution in [0.3, 0.4) is 0 Å². The molecule has 4 nitrogen and oxygen atoms in total. The highest BCUT2D eigenvalue weighted by molar-refractivity contribution is 5.98. The van der Waals surface area contributed by atoms with Crippen LogP contribution in [0.4, 0.5) is 0 Å². The maximum atomic E-state index is 12.8. The van der Waals surface area contributed by atoms with Crippen molar-refractivity contribution in [3.63, 3.8) is 0 Å². The maximum absolute atomic E-state index is 12.8. The summed E-state index contributed by atoms with van der Waals surface area (Å²) >= 11 is 0. The first-order valence-corrected chi connectivity index (χ1v) is 13.7. The standard InChI is InChI=1S/C30H44O4/c1-18(15-20(31)16-19(2)25(33)34)21-9-11-28(6)23-8-7-22-26(3,4)24(32)10-12-29(22)17-30(23,29)14-13-27(21,28)5/h16,18,21-23H,7-15,17H2,1-6H3,(H,33,34). The van der Waals surface area contributed by atoms with Gasteiger partial charge in [0, 0.05) is 23.8 Å². The van der Waals surface area contributed by atoms with Crippen LogP contribution in [-0.2, 0) is 14.4 Å². The third-order valence-corrected chi connectivity index (χ3v) is 12.8. The van der Waals surface area contributed by atoms with Gasteiger partial charge in [0.15, 0.2) is 5.78 Å². The summed E-state index contributed by atoms with van der Waals surface area (Å²) in [5, 5.41) is 9.13. The van der Waals surface area contributed by atoms with Crippen LogP contribution in [0.2, 0.25) is 0 Å². The Morgan fingerprint density at radius 1 is 0.971 bits per heavy atom. The molecule has 0 aromatic carbocycles. The van der Waals surface area contributed by atoms with Crippen molar-refractivity contribution in [1.29, 1.82) is 0 Å². The summed E-state index contributed by atoms with van der Waals surface area (Å²) in [6, 6.07) is 0. The van der Waals surface area contributed by atoms with E-state index in [1.54, 1.807) is 0 Å². The number of carboxylic acids is 1. The number of hydrogen-bond acceptors (Lipinski definition) is 3. The Labute approximate surface area is 205 Å². The van der Waals surface area contributed by atoms with Crippen LogP contribution in [-0.4, -0.2) is 22.6 Å². The molecule has 34 heavy (non-hydrogen) atoms. The number of ketones is 2. The summed E-state index contributed by atoms with van der Waals surface area (Å²) in [5.41, 5.74) is 1.32. The SMILES string of the molecule is CC(=CC(=O)CC(C)C1CCC2(C)C3CCC4C(C)(C)C(=O)CCC45CC35CCC12C)C(=O)O. The van der Waals surface area contributed by atoms with Gasteiger partial charge in [-0.05, 0) is 110 Å². The molecule has 188 valence electrons. The van der Waals surface area contributed by atoms with Gasteiger partial charge in [0.25, 0.3) is 0 Å². The molecule has 8 unspecified atom stereocenters. The topological polar surface area (TPSA) is 71.4 Å². The number of carbonyl (C=O) groups is 3. The second-order valence-corrected chi connectivity index (χ2v) is 14.1. The van der Waals surface area contributed by atoms with Gasteiger partial charge < -0.3 is 5.11 Å². The zero-order chi connectivity index (χ0) is 24.9. The molecule has 0 heterocycles. The molecule has 0 saturated heterocycles. The van der Waals surface area contributed by atoms with Crippen molar-refractivity contribution in [2.45, 2.75) is 106 Å². The van der Waals surface area contributed by atoms with Crippen LogP contribution in [0, 0.1) is 50.7 Å². The van der Waals surface area contributed by atoms with E-state index in [1.807, 2.05) is 0 Å². The van der Waals surface area contributed by atoms with Crippen molar-refractivity contribution in [2.24, 2.45) is 50.7 Å². The molecule has 0 aliphatic heterocycles. The van der Waals surface area contributed by atoms with E-state index in [-0.39, 0.29) is 28.1 Å². The number of aliphatic carboxylic acids is 1. The molecule has 5 rings (SSSR count). The number of allylic oxidation sites excluding steroid dienone is 1. The van der Waals surface area contributed by atoms with E-state index >= 15 is 0 Å². The summed E-state index contributed by atoms with van der Waals surface area (Å²) in [5.74, 6) is 1.50. The van der Waals surface area contributed by atoms with Gasteiger partial charge in [0.2, 0.25) is 0 Å². The predicted octanol–water partition coefficient (Wildman–Crippen LogP) is 6.62. The van der Waals surface area contributed by atoms with Gasteiger partial charge in [-0.25, -0.2) is 4.79 Å². The Morgan fingerprint density at radius 3 is 2.29 bits per heavy atom. The van der Waals surface area contributed by atoms with E-state index in [2.05, 4.69) is 34.6 Å². The Hall–Kier alpha value is -1.45. The van der Waals surface area contributed by atoms with Gasteiger partial charge in [-0.15, -0.1) is 0 Å². The van der Waals surface area contributed by atoms with Gasteiger partial charge >= 0.3 is 5.97 Å². The first-order valence-electron chi connectivity index (χ1n) is 13.7. The molecule has 0 radical (unpaired) electrons. The molecule has 0 bridgehead atoms. The highest BCUT2D eigenvalue weighted by atomic mass is 16.4. The van der Waals surface area contributed by atoms with E-state index in [9.17, 15) is 14.4 Å². The van der Waals surface area contributed by atoms with Crippen molar-refractivity contribution in [2.75, 3.05) is 0 Å². The lowest BCUT2D eigenvalue weighted by Gasteiger charge is -2.62. The molecule has 0 amide bonds. The number of carboxylic acid groups (broad SMARTS) is 1. The quantitative estimate of drug-likeness (QED) is 0.460. The predicted molar refractivity (Wildman–Crippen MR) is 132 cm³/mol. The second kappa shape index (κ2) is 7.29. The lowest BCUT2D eigenvalue weighted by molar-refractivity contribution is -0.157. The second-order valence-electron chi connectivity index (χ2n) is 14.1. The van der Waals surface area contributed by atoms with Crippen molar-refractivity contribution in [1.82, 2.24) is 0 Å². The van der Waals surface area contributed by atoms with E-state index in [1.165, 1.54) is 57.9 Å². The first-order chi connectivity index (χ1) is 15.8. The fourth-order valence-electron chi connectivity index (χ4n) is 10.9. The highest BCUT2D eigenvalue weighted by Gasteiger charge is 2.82. The van der Waals surface area contributed by atoms with Gasteiger partial charge in [-0.3, -0.25) is 9.59 Å². The van der Waals surface area contributed by atoms with Gasteiger partial charge in [-0.2, -0.15) is 0 Å². The van der Waals surface area contributed by atoms with Crippen molar-refractivity contribution in [3.05, 3.63) is 11.6 Å². The Bertz CT molecular complexity index is 976. The lowest BCUT2D eigenvalue weighted by Crippen LogP contribution is -2.57. The van der Waals surface area contributed by atoms with E-state index in [0.717, 1.165) is 18.8 Å². The summed E-state index contributed by atoms with van der Waals surface area (Å²) in [6.45, 7) is 13.3. The van der Waals surface area contributed by atoms with Crippen molar-refractivity contribution < 1.29 is 19.5 Å². The normalized spacial score (nSPS) is 47.6. The summed E-state index contributed by atoms with van der Waals surface area (Å²) in [6.07, 6.45) is 12.4. The molecule has 5 saturated carbocycles. The first kappa shape index (κ1) is 24.3. The highest BCUT2D eigenvalue weighted by Crippen LogP contribution is 2.88. The third-order valence-electron chi connectivity index (χ3n) is 12.8.